The topological polar surface area (TPSA) is 118 Å². The SMILES string of the molecule is CC(COCCCO)OCCCO.O=C=NC1(CC2(N=C=O)C=CC=CC2)C=CC=CC1. The van der Waals surface area contributed by atoms with Crippen LogP contribution >= 0.6 is 0 Å². The van der Waals surface area contributed by atoms with Crippen molar-refractivity contribution in [2.75, 3.05) is 33.0 Å². The van der Waals surface area contributed by atoms with E-state index in [4.69, 9.17) is 19.7 Å². The number of isocyanates is 2. The van der Waals surface area contributed by atoms with Gasteiger partial charge in [0.1, 0.15) is 0 Å². The molecule has 3 unspecified atom stereocenters. The summed E-state index contributed by atoms with van der Waals surface area (Å²) < 4.78 is 10.5. The van der Waals surface area contributed by atoms with E-state index in [-0.39, 0.29) is 19.3 Å². The van der Waals surface area contributed by atoms with E-state index in [1.165, 1.54) is 0 Å². The Morgan fingerprint density at radius 1 is 0.906 bits per heavy atom. The Balaban J connectivity index is 0.000000347. The summed E-state index contributed by atoms with van der Waals surface area (Å²) in [7, 11) is 0. The minimum atomic E-state index is -0.674. The number of allylic oxidation sites excluding steroid dienone is 4. The summed E-state index contributed by atoms with van der Waals surface area (Å²) in [4.78, 5) is 29.3. The second kappa shape index (κ2) is 16.2. The number of aliphatic hydroxyl groups excluding tert-OH is 2. The van der Waals surface area contributed by atoms with E-state index in [0.29, 0.717) is 51.9 Å². The summed E-state index contributed by atoms with van der Waals surface area (Å²) in [5, 5.41) is 17.0. The van der Waals surface area contributed by atoms with Crippen LogP contribution in [0.5, 0.6) is 0 Å². The first-order valence-electron chi connectivity index (χ1n) is 10.8. The van der Waals surface area contributed by atoms with E-state index in [2.05, 4.69) is 9.98 Å². The molecule has 0 radical (unpaired) electrons. The number of hydrogen-bond donors (Lipinski definition) is 2. The quantitative estimate of drug-likeness (QED) is 0.255. The standard InChI is InChI=1S/C15H14N2O2.C9H20O4/c18-12-16-14(7-3-1-4-8-14)11-15(17-13-19)9-5-2-6-10-15;1-9(13-7-3-5-11)8-12-6-2-4-10/h1-7,9H,8,10-11H2;9-11H,2-8H2,1H3. The van der Waals surface area contributed by atoms with Gasteiger partial charge < -0.3 is 19.7 Å². The molecule has 0 aliphatic heterocycles. The molecule has 0 saturated heterocycles. The summed E-state index contributed by atoms with van der Waals surface area (Å²) in [6, 6.07) is 0. The highest BCUT2D eigenvalue weighted by molar-refractivity contribution is 5.42. The van der Waals surface area contributed by atoms with Gasteiger partial charge in [0.05, 0.1) is 23.8 Å². The van der Waals surface area contributed by atoms with Gasteiger partial charge in [-0.3, -0.25) is 0 Å². The minimum absolute atomic E-state index is 0.0604. The van der Waals surface area contributed by atoms with Gasteiger partial charge in [-0.1, -0.05) is 48.6 Å². The summed E-state index contributed by atoms with van der Waals surface area (Å²) >= 11 is 0. The van der Waals surface area contributed by atoms with Crippen molar-refractivity contribution in [2.24, 2.45) is 9.98 Å². The van der Waals surface area contributed by atoms with E-state index in [9.17, 15) is 9.59 Å². The lowest BCUT2D eigenvalue weighted by Crippen LogP contribution is -2.37. The zero-order chi connectivity index (χ0) is 23.5. The molecule has 0 heterocycles. The van der Waals surface area contributed by atoms with Crippen molar-refractivity contribution in [3.63, 3.8) is 0 Å². The highest BCUT2D eigenvalue weighted by atomic mass is 16.5. The van der Waals surface area contributed by atoms with E-state index in [0.717, 1.165) is 0 Å². The fourth-order valence-corrected chi connectivity index (χ4v) is 3.34. The van der Waals surface area contributed by atoms with Crippen LogP contribution in [0.25, 0.3) is 0 Å². The largest absolute Gasteiger partial charge is 0.396 e. The molecule has 0 aromatic heterocycles. The van der Waals surface area contributed by atoms with E-state index in [1.54, 1.807) is 12.2 Å². The third-order valence-electron chi connectivity index (χ3n) is 4.90. The Morgan fingerprint density at radius 2 is 1.44 bits per heavy atom. The van der Waals surface area contributed by atoms with Gasteiger partial charge in [-0.05, 0) is 32.6 Å². The first-order valence-corrected chi connectivity index (χ1v) is 10.8. The molecular formula is C24H34N2O6. The van der Waals surface area contributed by atoms with Gasteiger partial charge >= 0.3 is 0 Å². The van der Waals surface area contributed by atoms with Crippen LogP contribution < -0.4 is 0 Å². The molecule has 8 heteroatoms. The fourth-order valence-electron chi connectivity index (χ4n) is 3.34. The van der Waals surface area contributed by atoms with Crippen molar-refractivity contribution >= 4 is 12.2 Å². The van der Waals surface area contributed by atoms with Crippen LogP contribution in [0.4, 0.5) is 0 Å². The lowest BCUT2D eigenvalue weighted by molar-refractivity contribution is -0.0129. The van der Waals surface area contributed by atoms with Gasteiger partial charge in [0, 0.05) is 32.8 Å². The number of aliphatic hydroxyl groups is 2. The molecular weight excluding hydrogens is 412 g/mol. The third kappa shape index (κ3) is 10.7. The Kier molecular flexibility index (Phi) is 14.0. The first kappa shape index (κ1) is 27.6. The molecule has 0 spiro atoms. The predicted molar refractivity (Wildman–Crippen MR) is 122 cm³/mol. The smallest absolute Gasteiger partial charge is 0.235 e. The maximum Gasteiger partial charge on any atom is 0.235 e. The second-order valence-corrected chi connectivity index (χ2v) is 7.68. The molecule has 176 valence electrons. The molecule has 32 heavy (non-hydrogen) atoms. The molecule has 2 rings (SSSR count). The van der Waals surface area contributed by atoms with Gasteiger partial charge in [-0.2, -0.15) is 9.98 Å². The number of carbonyl (C=O) groups excluding carboxylic acids is 2. The van der Waals surface area contributed by atoms with Gasteiger partial charge in [0.15, 0.2) is 0 Å². The number of ether oxygens (including phenoxy) is 2. The third-order valence-corrected chi connectivity index (χ3v) is 4.90. The molecule has 0 fully saturated rings. The first-order chi connectivity index (χ1) is 15.6. The molecule has 0 amide bonds. The van der Waals surface area contributed by atoms with Crippen LogP contribution in [0.1, 0.15) is 39.0 Å². The van der Waals surface area contributed by atoms with Crippen LogP contribution in [0.3, 0.4) is 0 Å². The molecule has 8 nitrogen and oxygen atoms in total. The summed E-state index contributed by atoms with van der Waals surface area (Å²) in [5.74, 6) is 0. The van der Waals surface area contributed by atoms with Crippen LogP contribution in [-0.4, -0.2) is 72.6 Å². The summed E-state index contributed by atoms with van der Waals surface area (Å²) in [6.45, 7) is 3.95. The molecule has 0 saturated carbocycles. The molecule has 3 atom stereocenters. The van der Waals surface area contributed by atoms with Gasteiger partial charge in [0.25, 0.3) is 0 Å². The maximum absolute atomic E-state index is 10.7. The van der Waals surface area contributed by atoms with Crippen LogP contribution in [0, 0.1) is 0 Å². The van der Waals surface area contributed by atoms with Gasteiger partial charge in [0.2, 0.25) is 12.2 Å². The number of aliphatic imine (C=N–C) groups is 2. The van der Waals surface area contributed by atoms with Crippen LogP contribution in [-0.2, 0) is 19.1 Å². The Hall–Kier alpha value is -2.44. The van der Waals surface area contributed by atoms with Crippen LogP contribution in [0.15, 0.2) is 58.6 Å². The molecule has 2 aliphatic rings. The van der Waals surface area contributed by atoms with Crippen molar-refractivity contribution in [1.29, 1.82) is 0 Å². The van der Waals surface area contributed by atoms with Crippen molar-refractivity contribution in [3.05, 3.63) is 48.6 Å². The van der Waals surface area contributed by atoms with E-state index < -0.39 is 11.1 Å². The summed E-state index contributed by atoms with van der Waals surface area (Å²) in [5.41, 5.74) is -1.35. The molecule has 0 bridgehead atoms. The van der Waals surface area contributed by atoms with Gasteiger partial charge in [-0.15, -0.1) is 0 Å². The highest BCUT2D eigenvalue weighted by Gasteiger charge is 2.38. The lowest BCUT2D eigenvalue weighted by Gasteiger charge is -2.34. The zero-order valence-corrected chi connectivity index (χ0v) is 18.7. The average Bonchev–Trinajstić information content (AvgIpc) is 2.79. The monoisotopic (exact) mass is 446 g/mol. The van der Waals surface area contributed by atoms with Crippen molar-refractivity contribution < 1.29 is 29.3 Å². The highest BCUT2D eigenvalue weighted by Crippen LogP contribution is 2.37. The Morgan fingerprint density at radius 3 is 1.88 bits per heavy atom. The number of hydrogen-bond acceptors (Lipinski definition) is 8. The normalized spacial score (nSPS) is 24.1. The van der Waals surface area contributed by atoms with Gasteiger partial charge in [-0.25, -0.2) is 9.59 Å². The van der Waals surface area contributed by atoms with E-state index >= 15 is 0 Å². The number of nitrogens with zero attached hydrogens (tertiary/aromatic N) is 2. The maximum atomic E-state index is 10.7. The molecule has 2 aliphatic carbocycles. The fraction of sp³-hybridized carbons (Fsp3) is 0.583. The number of rotatable bonds is 13. The van der Waals surface area contributed by atoms with Crippen LogP contribution in [0.2, 0.25) is 0 Å². The van der Waals surface area contributed by atoms with E-state index in [1.807, 2.05) is 55.5 Å². The molecule has 0 aromatic carbocycles. The molecule has 0 aromatic rings. The van der Waals surface area contributed by atoms with Crippen molar-refractivity contribution in [1.82, 2.24) is 0 Å². The average molecular weight is 447 g/mol. The van der Waals surface area contributed by atoms with Crippen molar-refractivity contribution in [2.45, 2.75) is 56.2 Å². The Bertz CT molecular complexity index is 700. The van der Waals surface area contributed by atoms with Crippen molar-refractivity contribution in [3.8, 4) is 0 Å². The predicted octanol–water partition coefficient (Wildman–Crippen LogP) is 2.73. The Labute approximate surface area is 189 Å². The lowest BCUT2D eigenvalue weighted by atomic mass is 9.76. The molecule has 2 N–H and O–H groups in total. The second-order valence-electron chi connectivity index (χ2n) is 7.68. The summed E-state index contributed by atoms with van der Waals surface area (Å²) in [6.07, 6.45) is 21.5. The minimum Gasteiger partial charge on any atom is -0.396 e. The zero-order valence-electron chi connectivity index (χ0n) is 18.7.